The number of carbonyl (C=O) groups excluding carboxylic acids is 1. The molecule has 0 atom stereocenters. The third-order valence-corrected chi connectivity index (χ3v) is 3.32. The number of hydrogen-bond donors (Lipinski definition) is 0. The van der Waals surface area contributed by atoms with Gasteiger partial charge in [0.05, 0.1) is 19.2 Å². The van der Waals surface area contributed by atoms with Crippen molar-refractivity contribution in [2.45, 2.75) is 25.7 Å². The Balaban J connectivity index is 2.10. The fourth-order valence-corrected chi connectivity index (χ4v) is 2.66. The summed E-state index contributed by atoms with van der Waals surface area (Å²) in [7, 11) is 1.41. The number of hydrogen-bond acceptors (Lipinski definition) is 4. The van der Waals surface area contributed by atoms with Crippen molar-refractivity contribution in [3.63, 3.8) is 0 Å². The van der Waals surface area contributed by atoms with Crippen LogP contribution in [0.1, 0.15) is 22.0 Å². The van der Waals surface area contributed by atoms with Gasteiger partial charge in [0.2, 0.25) is 0 Å². The van der Waals surface area contributed by atoms with Crippen molar-refractivity contribution in [1.29, 1.82) is 0 Å². The van der Waals surface area contributed by atoms with Crippen LogP contribution < -0.4 is 0 Å². The Morgan fingerprint density at radius 3 is 3.15 bits per heavy atom. The van der Waals surface area contributed by atoms with E-state index >= 15 is 0 Å². The van der Waals surface area contributed by atoms with Gasteiger partial charge in [-0.2, -0.15) is 0 Å². The molecule has 1 heterocycles. The number of fused-ring (bicyclic) bond motifs is 1. The van der Waals surface area contributed by atoms with Crippen molar-refractivity contribution in [2.24, 2.45) is 0 Å². The average Bonchev–Trinajstić information content (AvgIpc) is 2.63. The number of carbonyl (C=O) groups is 1. The number of methoxy groups -OCH3 is 1. The van der Waals surface area contributed by atoms with Gasteiger partial charge in [0.15, 0.2) is 0 Å². The number of aryl methyl sites for hydroxylation is 2. The predicted octanol–water partition coefficient (Wildman–Crippen LogP) is 1.35. The van der Waals surface area contributed by atoms with E-state index in [1.54, 1.807) is 11.3 Å². The minimum Gasteiger partial charge on any atom is -0.469 e. The van der Waals surface area contributed by atoms with Crippen LogP contribution in [-0.2, 0) is 28.8 Å². The Kier molecular flexibility index (Phi) is 2.31. The summed E-state index contributed by atoms with van der Waals surface area (Å²) >= 11 is 1.65. The molecule has 1 aliphatic carbocycles. The molecule has 0 aromatic carbocycles. The van der Waals surface area contributed by atoms with E-state index in [0.717, 1.165) is 17.8 Å². The van der Waals surface area contributed by atoms with E-state index in [4.69, 9.17) is 0 Å². The van der Waals surface area contributed by atoms with Gasteiger partial charge in [0.1, 0.15) is 5.01 Å². The summed E-state index contributed by atoms with van der Waals surface area (Å²) < 4.78 is 4.58. The Morgan fingerprint density at radius 2 is 2.46 bits per heavy atom. The number of aromatic nitrogens is 1. The highest BCUT2D eigenvalue weighted by Gasteiger charge is 2.17. The summed E-state index contributed by atoms with van der Waals surface area (Å²) in [6.07, 6.45) is 3.75. The number of thiazole rings is 1. The van der Waals surface area contributed by atoms with Gasteiger partial charge >= 0.3 is 5.97 Å². The van der Waals surface area contributed by atoms with E-state index in [1.807, 2.05) is 0 Å². The Morgan fingerprint density at radius 1 is 1.62 bits per heavy atom. The minimum absolute atomic E-state index is 0.201. The molecule has 0 unspecified atom stereocenters. The topological polar surface area (TPSA) is 39.2 Å². The first-order valence-electron chi connectivity index (χ1n) is 4.34. The molecular weight excluding hydrogens is 186 g/mol. The Hall–Kier alpha value is -0.900. The summed E-state index contributed by atoms with van der Waals surface area (Å²) in [5.74, 6) is -0.201. The predicted molar refractivity (Wildman–Crippen MR) is 49.9 cm³/mol. The zero-order chi connectivity index (χ0) is 9.26. The Bertz CT molecular complexity index is 311. The highest BCUT2D eigenvalue weighted by atomic mass is 32.1. The maximum Gasteiger partial charge on any atom is 0.312 e. The van der Waals surface area contributed by atoms with Crippen LogP contribution in [0.4, 0.5) is 0 Å². The van der Waals surface area contributed by atoms with Crippen LogP contribution in [0.25, 0.3) is 0 Å². The normalized spacial score (nSPS) is 14.2. The highest BCUT2D eigenvalue weighted by molar-refractivity contribution is 7.11. The van der Waals surface area contributed by atoms with E-state index in [2.05, 4.69) is 9.72 Å². The molecule has 0 saturated heterocycles. The van der Waals surface area contributed by atoms with Gasteiger partial charge < -0.3 is 4.74 Å². The molecule has 0 N–H and O–H groups in total. The zero-order valence-electron chi connectivity index (χ0n) is 7.50. The summed E-state index contributed by atoms with van der Waals surface area (Å²) in [5.41, 5.74) is 1.20. The molecule has 70 valence electrons. The second kappa shape index (κ2) is 3.46. The molecule has 2 rings (SSSR count). The number of ether oxygens (including phenoxy) is 1. The molecule has 13 heavy (non-hydrogen) atoms. The first kappa shape index (κ1) is 8.69. The quantitative estimate of drug-likeness (QED) is 0.672. The van der Waals surface area contributed by atoms with Crippen LogP contribution in [0.15, 0.2) is 0 Å². The monoisotopic (exact) mass is 197 g/mol. The maximum absolute atomic E-state index is 11.0. The van der Waals surface area contributed by atoms with Gasteiger partial charge in [-0.3, -0.25) is 4.79 Å². The molecule has 0 radical (unpaired) electrons. The molecule has 0 saturated carbocycles. The van der Waals surface area contributed by atoms with Crippen molar-refractivity contribution < 1.29 is 9.53 Å². The van der Waals surface area contributed by atoms with Crippen LogP contribution in [0.5, 0.6) is 0 Å². The third kappa shape index (κ3) is 1.72. The van der Waals surface area contributed by atoms with Gasteiger partial charge in [0.25, 0.3) is 0 Å². The summed E-state index contributed by atoms with van der Waals surface area (Å²) in [5, 5.41) is 0.900. The minimum atomic E-state index is -0.201. The molecule has 1 aliphatic rings. The first-order chi connectivity index (χ1) is 6.29. The molecule has 0 fully saturated rings. The molecule has 0 bridgehead atoms. The van der Waals surface area contributed by atoms with Crippen molar-refractivity contribution in [3.05, 3.63) is 15.6 Å². The van der Waals surface area contributed by atoms with E-state index < -0.39 is 0 Å². The van der Waals surface area contributed by atoms with Crippen LogP contribution in [-0.4, -0.2) is 18.1 Å². The molecule has 1 aromatic rings. The first-order valence-corrected chi connectivity index (χ1v) is 5.15. The third-order valence-electron chi connectivity index (χ3n) is 2.16. The fourth-order valence-electron chi connectivity index (χ4n) is 1.52. The largest absolute Gasteiger partial charge is 0.469 e. The van der Waals surface area contributed by atoms with Gasteiger partial charge in [0, 0.05) is 4.88 Å². The molecule has 0 amide bonds. The van der Waals surface area contributed by atoms with E-state index in [9.17, 15) is 4.79 Å². The fraction of sp³-hybridized carbons (Fsp3) is 0.556. The number of rotatable bonds is 2. The van der Waals surface area contributed by atoms with E-state index in [1.165, 1.54) is 24.1 Å². The van der Waals surface area contributed by atoms with Crippen molar-refractivity contribution in [1.82, 2.24) is 4.98 Å². The molecule has 4 heteroatoms. The maximum atomic E-state index is 11.0. The van der Waals surface area contributed by atoms with Crippen LogP contribution in [0.3, 0.4) is 0 Å². The van der Waals surface area contributed by atoms with E-state index in [-0.39, 0.29) is 5.97 Å². The van der Waals surface area contributed by atoms with Gasteiger partial charge in [-0.15, -0.1) is 11.3 Å². The lowest BCUT2D eigenvalue weighted by molar-refractivity contribution is -0.139. The smallest absolute Gasteiger partial charge is 0.312 e. The van der Waals surface area contributed by atoms with Gasteiger partial charge in [-0.05, 0) is 19.3 Å². The lowest BCUT2D eigenvalue weighted by Gasteiger charge is -1.94. The van der Waals surface area contributed by atoms with Crippen LogP contribution in [0.2, 0.25) is 0 Å². The van der Waals surface area contributed by atoms with Gasteiger partial charge in [-0.1, -0.05) is 0 Å². The summed E-state index contributed by atoms with van der Waals surface area (Å²) in [4.78, 5) is 16.7. The summed E-state index contributed by atoms with van der Waals surface area (Å²) in [6.45, 7) is 0. The second-order valence-corrected chi connectivity index (χ2v) is 4.25. The molecular formula is C9H11NO2S. The van der Waals surface area contributed by atoms with Crippen molar-refractivity contribution >= 4 is 17.3 Å². The van der Waals surface area contributed by atoms with Crippen molar-refractivity contribution in [2.75, 3.05) is 7.11 Å². The second-order valence-electron chi connectivity index (χ2n) is 3.08. The highest BCUT2D eigenvalue weighted by Crippen LogP contribution is 2.27. The SMILES string of the molecule is COC(=O)Cc1nc2c(s1)CCC2. The standard InChI is InChI=1S/C9H11NO2S/c1-12-9(11)5-8-10-6-3-2-4-7(6)13-8/h2-5H2,1H3. The molecule has 0 spiro atoms. The zero-order valence-corrected chi connectivity index (χ0v) is 8.32. The molecule has 1 aromatic heterocycles. The Labute approximate surface area is 80.8 Å². The number of nitrogens with zero attached hydrogens (tertiary/aromatic N) is 1. The lowest BCUT2D eigenvalue weighted by atomic mass is 10.3. The average molecular weight is 197 g/mol. The van der Waals surface area contributed by atoms with Crippen LogP contribution in [0, 0.1) is 0 Å². The van der Waals surface area contributed by atoms with E-state index in [0.29, 0.717) is 6.42 Å². The molecule has 0 aliphatic heterocycles. The van der Waals surface area contributed by atoms with Crippen LogP contribution >= 0.6 is 11.3 Å². The number of esters is 1. The van der Waals surface area contributed by atoms with Gasteiger partial charge in [-0.25, -0.2) is 4.98 Å². The summed E-state index contributed by atoms with van der Waals surface area (Å²) in [6, 6.07) is 0. The lowest BCUT2D eigenvalue weighted by Crippen LogP contribution is -2.04. The van der Waals surface area contributed by atoms with Crippen molar-refractivity contribution in [3.8, 4) is 0 Å². The molecule has 3 nitrogen and oxygen atoms in total.